The number of nitriles is 1. The molecule has 7 nitrogen and oxygen atoms in total. The molecule has 1 aliphatic rings. The van der Waals surface area contributed by atoms with Gasteiger partial charge in [-0.25, -0.2) is 12.8 Å². The Labute approximate surface area is 156 Å². The Bertz CT molecular complexity index is 1010. The number of rotatable bonds is 5. The van der Waals surface area contributed by atoms with Crippen molar-refractivity contribution in [3.8, 4) is 6.07 Å². The number of nitrogens with zero attached hydrogens (tertiary/aromatic N) is 4. The van der Waals surface area contributed by atoms with Crippen LogP contribution in [0.5, 0.6) is 0 Å². The summed E-state index contributed by atoms with van der Waals surface area (Å²) in [6.07, 6.45) is 2.93. The highest BCUT2D eigenvalue weighted by molar-refractivity contribution is 7.91. The van der Waals surface area contributed by atoms with Gasteiger partial charge in [0.1, 0.15) is 5.82 Å². The molecule has 0 saturated carbocycles. The Morgan fingerprint density at radius 1 is 1.41 bits per heavy atom. The summed E-state index contributed by atoms with van der Waals surface area (Å²) in [5, 5.41) is 13.9. The zero-order valence-corrected chi connectivity index (χ0v) is 15.8. The average Bonchev–Trinajstić information content (AvgIpc) is 3.20. The maximum atomic E-state index is 13.1. The van der Waals surface area contributed by atoms with Crippen molar-refractivity contribution in [3.05, 3.63) is 47.3 Å². The minimum Gasteiger partial charge on any atom is -0.292 e. The van der Waals surface area contributed by atoms with Crippen LogP contribution in [0.1, 0.15) is 59.9 Å². The minimum atomic E-state index is -3.10. The number of pyridine rings is 1. The van der Waals surface area contributed by atoms with Gasteiger partial charge < -0.3 is 0 Å². The fraction of sp³-hybridized carbons (Fsp3) is 0.444. The van der Waals surface area contributed by atoms with Crippen molar-refractivity contribution in [3.63, 3.8) is 0 Å². The van der Waals surface area contributed by atoms with Crippen molar-refractivity contribution in [2.75, 3.05) is 11.5 Å². The van der Waals surface area contributed by atoms with Crippen LogP contribution in [0.2, 0.25) is 0 Å². The molecule has 2 unspecified atom stereocenters. The van der Waals surface area contributed by atoms with E-state index in [-0.39, 0.29) is 34.7 Å². The average molecular weight is 390 g/mol. The number of ketones is 1. The molecule has 0 N–H and O–H groups in total. The molecular formula is C18H19FN4O3S. The highest BCUT2D eigenvalue weighted by atomic mass is 32.2. The summed E-state index contributed by atoms with van der Waals surface area (Å²) in [4.78, 5) is 16.9. The summed E-state index contributed by atoms with van der Waals surface area (Å²) in [5.41, 5.74) is 0.938. The standard InChI is InChI=1S/C18H19FN4O3S/c1-11(2)17-15(9-23(22-17)13-5-6-27(25,26)10-13)18(24)14(7-20)16-4-3-12(19)8-21-16/h3-4,8-9,11,13-14H,5-6,10H2,1-2H3. The first-order chi connectivity index (χ1) is 12.7. The van der Waals surface area contributed by atoms with E-state index in [0.29, 0.717) is 12.1 Å². The molecule has 0 spiro atoms. The monoisotopic (exact) mass is 390 g/mol. The molecule has 27 heavy (non-hydrogen) atoms. The molecule has 2 aromatic rings. The van der Waals surface area contributed by atoms with Crippen LogP contribution in [0.4, 0.5) is 4.39 Å². The van der Waals surface area contributed by atoms with Gasteiger partial charge in [0.2, 0.25) is 0 Å². The van der Waals surface area contributed by atoms with Gasteiger partial charge in [-0.1, -0.05) is 13.8 Å². The van der Waals surface area contributed by atoms with Crippen LogP contribution in [-0.4, -0.2) is 40.5 Å². The van der Waals surface area contributed by atoms with E-state index in [4.69, 9.17) is 0 Å². The lowest BCUT2D eigenvalue weighted by Gasteiger charge is -2.09. The van der Waals surface area contributed by atoms with Crippen molar-refractivity contribution in [1.82, 2.24) is 14.8 Å². The fourth-order valence-electron chi connectivity index (χ4n) is 3.17. The van der Waals surface area contributed by atoms with Gasteiger partial charge in [-0.3, -0.25) is 14.5 Å². The summed E-state index contributed by atoms with van der Waals surface area (Å²) in [5.74, 6) is -2.23. The molecule has 0 radical (unpaired) electrons. The normalized spacial score (nSPS) is 19.7. The van der Waals surface area contributed by atoms with Crippen molar-refractivity contribution in [2.45, 2.75) is 38.1 Å². The van der Waals surface area contributed by atoms with Gasteiger partial charge in [-0.15, -0.1) is 0 Å². The molecule has 0 aliphatic carbocycles. The molecule has 1 aliphatic heterocycles. The molecule has 1 fully saturated rings. The Hall–Kier alpha value is -2.60. The number of hydrogen-bond acceptors (Lipinski definition) is 6. The maximum absolute atomic E-state index is 13.1. The first-order valence-electron chi connectivity index (χ1n) is 8.56. The molecular weight excluding hydrogens is 371 g/mol. The number of carbonyl (C=O) groups excluding carboxylic acids is 1. The van der Waals surface area contributed by atoms with E-state index in [1.54, 1.807) is 0 Å². The molecule has 2 aromatic heterocycles. The van der Waals surface area contributed by atoms with Crippen LogP contribution in [0.3, 0.4) is 0 Å². The van der Waals surface area contributed by atoms with Crippen molar-refractivity contribution >= 4 is 15.6 Å². The minimum absolute atomic E-state index is 0.0129. The Morgan fingerprint density at radius 3 is 2.67 bits per heavy atom. The van der Waals surface area contributed by atoms with Crippen LogP contribution >= 0.6 is 0 Å². The number of hydrogen-bond donors (Lipinski definition) is 0. The van der Waals surface area contributed by atoms with Gasteiger partial charge in [-0.2, -0.15) is 10.4 Å². The lowest BCUT2D eigenvalue weighted by molar-refractivity contribution is 0.0976. The second-order valence-electron chi connectivity index (χ2n) is 6.95. The van der Waals surface area contributed by atoms with E-state index >= 15 is 0 Å². The lowest BCUT2D eigenvalue weighted by Crippen LogP contribution is -2.14. The lowest BCUT2D eigenvalue weighted by atomic mass is 9.93. The van der Waals surface area contributed by atoms with Crippen LogP contribution in [0, 0.1) is 17.1 Å². The van der Waals surface area contributed by atoms with Gasteiger partial charge in [0.25, 0.3) is 0 Å². The molecule has 0 bridgehead atoms. The van der Waals surface area contributed by atoms with E-state index in [2.05, 4.69) is 10.1 Å². The quantitative estimate of drug-likeness (QED) is 0.726. The number of carbonyl (C=O) groups is 1. The zero-order chi connectivity index (χ0) is 19.8. The highest BCUT2D eigenvalue weighted by Gasteiger charge is 2.33. The summed E-state index contributed by atoms with van der Waals surface area (Å²) in [6.45, 7) is 3.73. The second-order valence-corrected chi connectivity index (χ2v) is 9.18. The first kappa shape index (κ1) is 19.2. The summed E-state index contributed by atoms with van der Waals surface area (Å²) < 4.78 is 38.1. The van der Waals surface area contributed by atoms with E-state index in [0.717, 1.165) is 12.3 Å². The van der Waals surface area contributed by atoms with Crippen LogP contribution in [0.15, 0.2) is 24.5 Å². The Balaban J connectivity index is 1.98. The Kier molecular flexibility index (Phi) is 5.11. The third kappa shape index (κ3) is 3.90. The summed E-state index contributed by atoms with van der Waals surface area (Å²) in [6, 6.07) is 4.06. The van der Waals surface area contributed by atoms with Crippen LogP contribution in [-0.2, 0) is 9.84 Å². The van der Waals surface area contributed by atoms with Gasteiger partial charge in [-0.05, 0) is 24.5 Å². The van der Waals surface area contributed by atoms with E-state index in [9.17, 15) is 22.9 Å². The third-order valence-electron chi connectivity index (χ3n) is 4.59. The molecule has 0 aromatic carbocycles. The molecule has 0 amide bonds. The van der Waals surface area contributed by atoms with Crippen LogP contribution < -0.4 is 0 Å². The fourth-order valence-corrected chi connectivity index (χ4v) is 4.87. The number of sulfone groups is 1. The molecule has 3 rings (SSSR count). The summed E-state index contributed by atoms with van der Waals surface area (Å²) in [7, 11) is -3.10. The Morgan fingerprint density at radius 2 is 2.15 bits per heavy atom. The zero-order valence-electron chi connectivity index (χ0n) is 15.0. The predicted molar refractivity (Wildman–Crippen MR) is 95.5 cm³/mol. The van der Waals surface area contributed by atoms with Gasteiger partial charge in [0.05, 0.1) is 46.8 Å². The molecule has 2 atom stereocenters. The van der Waals surface area contributed by atoms with Gasteiger partial charge in [0.15, 0.2) is 21.5 Å². The molecule has 3 heterocycles. The molecule has 1 saturated heterocycles. The SMILES string of the molecule is CC(C)c1nn(C2CCS(=O)(=O)C2)cc1C(=O)C(C#N)c1ccc(F)cn1. The largest absolute Gasteiger partial charge is 0.292 e. The van der Waals surface area contributed by atoms with Gasteiger partial charge >= 0.3 is 0 Å². The first-order valence-corrected chi connectivity index (χ1v) is 10.4. The van der Waals surface area contributed by atoms with Gasteiger partial charge in [0, 0.05) is 6.20 Å². The number of halogens is 1. The maximum Gasteiger partial charge on any atom is 0.189 e. The third-order valence-corrected chi connectivity index (χ3v) is 6.34. The van der Waals surface area contributed by atoms with E-state index < -0.39 is 27.4 Å². The summed E-state index contributed by atoms with van der Waals surface area (Å²) >= 11 is 0. The molecule has 142 valence electrons. The van der Waals surface area contributed by atoms with Crippen molar-refractivity contribution in [2.24, 2.45) is 0 Å². The highest BCUT2D eigenvalue weighted by Crippen LogP contribution is 2.29. The van der Waals surface area contributed by atoms with Crippen molar-refractivity contribution < 1.29 is 17.6 Å². The topological polar surface area (TPSA) is 106 Å². The smallest absolute Gasteiger partial charge is 0.189 e. The second kappa shape index (κ2) is 7.19. The number of Topliss-reactive ketones (excluding diaryl/α,β-unsaturated/α-hetero) is 1. The predicted octanol–water partition coefficient (Wildman–Crippen LogP) is 2.39. The van der Waals surface area contributed by atoms with Crippen LogP contribution in [0.25, 0.3) is 0 Å². The van der Waals surface area contributed by atoms with Crippen molar-refractivity contribution in [1.29, 1.82) is 5.26 Å². The number of aromatic nitrogens is 3. The van der Waals surface area contributed by atoms with E-state index in [1.807, 2.05) is 19.9 Å². The van der Waals surface area contributed by atoms with E-state index in [1.165, 1.54) is 16.9 Å². The molecule has 9 heteroatoms.